The third-order valence-corrected chi connectivity index (χ3v) is 2.18. The van der Waals surface area contributed by atoms with Crippen LogP contribution in [0.15, 0.2) is 12.2 Å². The number of hydrogen-bond donors (Lipinski definition) is 1. The van der Waals surface area contributed by atoms with E-state index in [-0.39, 0.29) is 5.92 Å². The first-order valence-corrected chi connectivity index (χ1v) is 3.89. The van der Waals surface area contributed by atoms with E-state index in [1.165, 1.54) is 0 Å². The van der Waals surface area contributed by atoms with Gasteiger partial charge in [-0.15, -0.1) is 0 Å². The minimum absolute atomic E-state index is 0.252. The topological polar surface area (TPSA) is 20.2 Å². The average molecular weight is 142 g/mol. The highest BCUT2D eigenvalue weighted by molar-refractivity contribution is 4.93. The van der Waals surface area contributed by atoms with Crippen molar-refractivity contribution in [2.24, 2.45) is 5.92 Å². The highest BCUT2D eigenvalue weighted by Gasteiger charge is 2.23. The lowest BCUT2D eigenvalue weighted by Gasteiger charge is -2.26. The predicted octanol–water partition coefficient (Wildman–Crippen LogP) is 2.36. The van der Waals surface area contributed by atoms with Gasteiger partial charge in [-0.2, -0.15) is 0 Å². The van der Waals surface area contributed by atoms with E-state index in [9.17, 15) is 5.11 Å². The van der Waals surface area contributed by atoms with Crippen LogP contribution < -0.4 is 0 Å². The van der Waals surface area contributed by atoms with E-state index < -0.39 is 5.60 Å². The van der Waals surface area contributed by atoms with Crippen molar-refractivity contribution >= 4 is 0 Å². The lowest BCUT2D eigenvalue weighted by atomic mass is 9.88. The van der Waals surface area contributed by atoms with Gasteiger partial charge in [0.05, 0.1) is 5.60 Å². The summed E-state index contributed by atoms with van der Waals surface area (Å²) >= 11 is 0. The zero-order valence-electron chi connectivity index (χ0n) is 7.39. The summed E-state index contributed by atoms with van der Waals surface area (Å²) in [4.78, 5) is 0. The van der Waals surface area contributed by atoms with Crippen molar-refractivity contribution in [1.82, 2.24) is 0 Å². The van der Waals surface area contributed by atoms with Gasteiger partial charge in [0.1, 0.15) is 0 Å². The smallest absolute Gasteiger partial charge is 0.0676 e. The molecule has 0 rings (SSSR count). The van der Waals surface area contributed by atoms with Gasteiger partial charge in [0.2, 0.25) is 0 Å². The molecule has 0 aliphatic rings. The van der Waals surface area contributed by atoms with Crippen molar-refractivity contribution < 1.29 is 5.11 Å². The molecule has 10 heavy (non-hydrogen) atoms. The van der Waals surface area contributed by atoms with E-state index in [1.54, 1.807) is 0 Å². The van der Waals surface area contributed by atoms with Crippen molar-refractivity contribution in [1.29, 1.82) is 0 Å². The molecule has 0 radical (unpaired) electrons. The van der Waals surface area contributed by atoms with Crippen molar-refractivity contribution in [3.63, 3.8) is 0 Å². The summed E-state index contributed by atoms with van der Waals surface area (Å²) in [6.45, 7) is 7.88. The molecule has 0 aliphatic carbocycles. The van der Waals surface area contributed by atoms with E-state index >= 15 is 0 Å². The fraction of sp³-hybridized carbons (Fsp3) is 0.778. The normalized spacial score (nSPS) is 20.9. The van der Waals surface area contributed by atoms with Gasteiger partial charge in [0, 0.05) is 5.92 Å². The molecule has 1 nitrogen and oxygen atoms in total. The lowest BCUT2D eigenvalue weighted by Crippen LogP contribution is -2.30. The Labute approximate surface area is 63.8 Å². The van der Waals surface area contributed by atoms with Gasteiger partial charge in [0.15, 0.2) is 0 Å². The van der Waals surface area contributed by atoms with Crippen molar-refractivity contribution in [3.05, 3.63) is 12.2 Å². The molecule has 0 heterocycles. The fourth-order valence-corrected chi connectivity index (χ4v) is 0.818. The molecule has 2 atom stereocenters. The molecule has 1 N–H and O–H groups in total. The van der Waals surface area contributed by atoms with Gasteiger partial charge in [-0.05, 0) is 20.3 Å². The van der Waals surface area contributed by atoms with Crippen LogP contribution in [0.5, 0.6) is 0 Å². The standard InChI is InChI=1S/C9H18O/c1-5-7-8(3)9(4,10)6-2/h5,7-8,10H,6H2,1-4H3/b7-5+/t8?,9-/m1/s1. The summed E-state index contributed by atoms with van der Waals surface area (Å²) < 4.78 is 0. The Kier molecular flexibility index (Phi) is 3.66. The van der Waals surface area contributed by atoms with Crippen LogP contribution in [-0.2, 0) is 0 Å². The third kappa shape index (κ3) is 2.53. The molecule has 0 amide bonds. The van der Waals surface area contributed by atoms with Crippen LogP contribution in [0.2, 0.25) is 0 Å². The zero-order chi connectivity index (χ0) is 8.20. The van der Waals surface area contributed by atoms with Gasteiger partial charge in [-0.3, -0.25) is 0 Å². The number of aliphatic hydroxyl groups is 1. The largest absolute Gasteiger partial charge is 0.390 e. The molecule has 0 aliphatic heterocycles. The quantitative estimate of drug-likeness (QED) is 0.600. The van der Waals surface area contributed by atoms with Gasteiger partial charge in [0.25, 0.3) is 0 Å². The first-order chi connectivity index (χ1) is 4.54. The van der Waals surface area contributed by atoms with Gasteiger partial charge in [-0.1, -0.05) is 26.0 Å². The molecule has 60 valence electrons. The minimum Gasteiger partial charge on any atom is -0.390 e. The molecular formula is C9H18O. The maximum absolute atomic E-state index is 9.67. The third-order valence-electron chi connectivity index (χ3n) is 2.18. The van der Waals surface area contributed by atoms with E-state index in [1.807, 2.05) is 39.8 Å². The number of rotatable bonds is 3. The summed E-state index contributed by atoms with van der Waals surface area (Å²) in [5, 5.41) is 9.67. The van der Waals surface area contributed by atoms with Crippen molar-refractivity contribution in [2.75, 3.05) is 0 Å². The highest BCUT2D eigenvalue weighted by Crippen LogP contribution is 2.21. The Morgan fingerprint density at radius 2 is 2.10 bits per heavy atom. The molecule has 0 aromatic heterocycles. The van der Waals surface area contributed by atoms with Crippen LogP contribution in [0.25, 0.3) is 0 Å². The number of hydrogen-bond acceptors (Lipinski definition) is 1. The maximum Gasteiger partial charge on any atom is 0.0676 e. The maximum atomic E-state index is 9.67. The van der Waals surface area contributed by atoms with E-state index in [4.69, 9.17) is 0 Å². The van der Waals surface area contributed by atoms with Gasteiger partial charge >= 0.3 is 0 Å². The molecule has 0 aromatic carbocycles. The summed E-state index contributed by atoms with van der Waals surface area (Å²) in [5.41, 5.74) is -0.535. The zero-order valence-corrected chi connectivity index (χ0v) is 7.39. The Hall–Kier alpha value is -0.300. The first-order valence-electron chi connectivity index (χ1n) is 3.89. The fourth-order valence-electron chi connectivity index (χ4n) is 0.818. The molecule has 0 spiro atoms. The average Bonchev–Trinajstić information content (AvgIpc) is 1.89. The van der Waals surface area contributed by atoms with Crippen LogP contribution in [0.4, 0.5) is 0 Å². The Balaban J connectivity index is 4.03. The van der Waals surface area contributed by atoms with Gasteiger partial charge in [-0.25, -0.2) is 0 Å². The predicted molar refractivity (Wildman–Crippen MR) is 44.9 cm³/mol. The highest BCUT2D eigenvalue weighted by atomic mass is 16.3. The van der Waals surface area contributed by atoms with E-state index in [0.717, 1.165) is 6.42 Å². The van der Waals surface area contributed by atoms with Crippen LogP contribution in [-0.4, -0.2) is 10.7 Å². The van der Waals surface area contributed by atoms with Crippen LogP contribution in [0.1, 0.15) is 34.1 Å². The summed E-state index contributed by atoms with van der Waals surface area (Å²) in [7, 11) is 0. The van der Waals surface area contributed by atoms with Crippen molar-refractivity contribution in [3.8, 4) is 0 Å². The Morgan fingerprint density at radius 1 is 1.60 bits per heavy atom. The summed E-state index contributed by atoms with van der Waals surface area (Å²) in [6.07, 6.45) is 4.82. The van der Waals surface area contributed by atoms with Gasteiger partial charge < -0.3 is 5.11 Å². The van der Waals surface area contributed by atoms with E-state index in [2.05, 4.69) is 0 Å². The summed E-state index contributed by atoms with van der Waals surface area (Å²) in [5.74, 6) is 0.252. The SMILES string of the molecule is C/C=C/C(C)[C@](C)(O)CC. The van der Waals surface area contributed by atoms with Crippen LogP contribution in [0, 0.1) is 5.92 Å². The van der Waals surface area contributed by atoms with Crippen LogP contribution in [0.3, 0.4) is 0 Å². The first kappa shape index (κ1) is 9.70. The molecular weight excluding hydrogens is 124 g/mol. The molecule has 0 saturated heterocycles. The second-order valence-electron chi connectivity index (χ2n) is 3.03. The van der Waals surface area contributed by atoms with E-state index in [0.29, 0.717) is 0 Å². The van der Waals surface area contributed by atoms with Crippen molar-refractivity contribution in [2.45, 2.75) is 39.7 Å². The van der Waals surface area contributed by atoms with Crippen LogP contribution >= 0.6 is 0 Å². The molecule has 1 unspecified atom stereocenters. The minimum atomic E-state index is -0.535. The Bertz CT molecular complexity index is 114. The second-order valence-corrected chi connectivity index (χ2v) is 3.03. The molecule has 0 bridgehead atoms. The molecule has 0 saturated carbocycles. The second kappa shape index (κ2) is 3.77. The molecule has 1 heteroatoms. The summed E-state index contributed by atoms with van der Waals surface area (Å²) in [6, 6.07) is 0. The molecule has 0 aromatic rings. The number of allylic oxidation sites excluding steroid dienone is 1. The lowest BCUT2D eigenvalue weighted by molar-refractivity contribution is 0.0208. The molecule has 0 fully saturated rings. The Morgan fingerprint density at radius 3 is 2.40 bits per heavy atom. The monoisotopic (exact) mass is 142 g/mol.